The molecule has 0 spiro atoms. The van der Waals surface area contributed by atoms with Gasteiger partial charge in [-0.3, -0.25) is 52.7 Å². The second-order valence-corrected chi connectivity index (χ2v) is 23.4. The summed E-state index contributed by atoms with van der Waals surface area (Å²) in [5.41, 5.74) is -0.977. The van der Waals surface area contributed by atoms with Crippen molar-refractivity contribution in [1.29, 1.82) is 0 Å². The maximum atomic E-state index is 14.6. The number of hydrogen-bond acceptors (Lipinski definition) is 28. The molecule has 16 atom stereocenters. The molecule has 3 rings (SSSR count). The third-order valence-corrected chi connectivity index (χ3v) is 14.0. The van der Waals surface area contributed by atoms with Gasteiger partial charge in [0, 0.05) is 69.2 Å². The Hall–Kier alpha value is -6.76. The minimum atomic E-state index is -2.12. The molecule has 0 aromatic carbocycles. The second-order valence-electron chi connectivity index (χ2n) is 23.4. The van der Waals surface area contributed by atoms with E-state index >= 15 is 0 Å². The van der Waals surface area contributed by atoms with Gasteiger partial charge in [-0.1, -0.05) is 96.8 Å². The van der Waals surface area contributed by atoms with Gasteiger partial charge in [-0.05, 0) is 27.2 Å². The zero-order valence-corrected chi connectivity index (χ0v) is 54.9. The number of alkyl carbamates (subject to hydrolysis) is 1. The van der Waals surface area contributed by atoms with E-state index in [-0.39, 0.29) is 6.42 Å². The minimum Gasteiger partial charge on any atom is -0.463 e. The van der Waals surface area contributed by atoms with Crippen molar-refractivity contribution in [1.82, 2.24) is 10.6 Å². The SMILES string of the molecule is CCCCCCCCCCCCCCCC[C@H](NC(=O)OC(C)(C)C)C(=O)N[C@@H]1O[C@H](COC(C)=O)[C@@H](O[C@H]2O[C@H](COC(C)=O)[C@@H](O[C@H]3O[C@H](COC(C)=O)[C@@H](OC(C)=O)[C@H](OC(C)=O)[C@H]3OC(C)=O)[C@H](OC(C)=O)[C@H]2OC(C)=O)[C@H](OC(C)=O)[C@H]1OC(C)=O. The third-order valence-electron chi connectivity index (χ3n) is 14.0. The Kier molecular flexibility index (Phi) is 34.1. The van der Waals surface area contributed by atoms with Gasteiger partial charge in [-0.25, -0.2) is 4.79 Å². The van der Waals surface area contributed by atoms with Gasteiger partial charge in [0.05, 0.1) is 0 Å². The largest absolute Gasteiger partial charge is 0.463 e. The van der Waals surface area contributed by atoms with Gasteiger partial charge in [0.2, 0.25) is 5.91 Å². The molecule has 0 aliphatic carbocycles. The van der Waals surface area contributed by atoms with Crippen LogP contribution >= 0.6 is 0 Å². The lowest BCUT2D eigenvalue weighted by atomic mass is 9.94. The summed E-state index contributed by atoms with van der Waals surface area (Å²) in [5, 5.41) is 5.26. The molecule has 0 unspecified atom stereocenters. The van der Waals surface area contributed by atoms with E-state index in [4.69, 9.17) is 75.8 Å². The summed E-state index contributed by atoms with van der Waals surface area (Å²) in [6.07, 6.45) is -13.9. The molecule has 3 heterocycles. The Bertz CT molecular complexity index is 2410. The van der Waals surface area contributed by atoms with Crippen molar-refractivity contribution in [2.45, 2.75) is 297 Å². The highest BCUT2D eigenvalue weighted by molar-refractivity contribution is 5.86. The maximum Gasteiger partial charge on any atom is 0.408 e. The highest BCUT2D eigenvalue weighted by Crippen LogP contribution is 2.38. The van der Waals surface area contributed by atoms with Gasteiger partial charge < -0.3 is 86.4 Å². The van der Waals surface area contributed by atoms with Crippen molar-refractivity contribution in [3.05, 3.63) is 0 Å². The van der Waals surface area contributed by atoms with Gasteiger partial charge in [-0.2, -0.15) is 0 Å². The molecule has 2 N–H and O–H groups in total. The van der Waals surface area contributed by atoms with Crippen LogP contribution in [0.1, 0.15) is 193 Å². The van der Waals surface area contributed by atoms with Crippen LogP contribution in [-0.4, -0.2) is 195 Å². The molecular formula is C61H96N2O28. The minimum absolute atomic E-state index is 0.0943. The average molecular weight is 1310 g/mol. The lowest BCUT2D eigenvalue weighted by molar-refractivity contribution is -0.374. The Morgan fingerprint density at radius 2 is 0.681 bits per heavy atom. The second kappa shape index (κ2) is 39.6. The molecule has 0 radical (unpaired) electrons. The van der Waals surface area contributed by atoms with E-state index in [0.29, 0.717) is 12.8 Å². The normalized spacial score (nSPS) is 26.6. The number of esters is 10. The Labute approximate surface area is 530 Å². The summed E-state index contributed by atoms with van der Waals surface area (Å²) in [5.74, 6) is -10.8. The predicted molar refractivity (Wildman–Crippen MR) is 311 cm³/mol. The van der Waals surface area contributed by atoms with Crippen molar-refractivity contribution < 1.29 is 133 Å². The summed E-state index contributed by atoms with van der Waals surface area (Å²) in [7, 11) is 0. The quantitative estimate of drug-likeness (QED) is 0.0477. The lowest BCUT2D eigenvalue weighted by Gasteiger charge is -2.50. The summed E-state index contributed by atoms with van der Waals surface area (Å²) >= 11 is 0. The van der Waals surface area contributed by atoms with Crippen LogP contribution in [0.4, 0.5) is 4.79 Å². The van der Waals surface area contributed by atoms with E-state index < -0.39 is 195 Å². The first-order valence-electron chi connectivity index (χ1n) is 31.0. The molecule has 91 heavy (non-hydrogen) atoms. The van der Waals surface area contributed by atoms with E-state index in [1.54, 1.807) is 20.8 Å². The van der Waals surface area contributed by atoms with E-state index in [0.717, 1.165) is 101 Å². The fraction of sp³-hybridized carbons (Fsp3) is 0.803. The summed E-state index contributed by atoms with van der Waals surface area (Å²) in [6, 6.07) is -1.30. The smallest absolute Gasteiger partial charge is 0.408 e. The monoisotopic (exact) mass is 1300 g/mol. The standard InChI is InChI=1S/C61H96N2O28/c1-15-16-17-18-19-20-21-22-23-24-25-26-27-28-29-43(62-60(75)91-61(12,13)14)56(74)63-57-53(83-40(9)71)50(80-37(6)68)48(44(86-57)30-76-33(2)64)89-59-55(85-42(11)73)52(82-39(8)70)49(46(88-59)32-78-35(4)66)90-58-54(84-41(10)72)51(81-38(7)69)47(79-36(5)67)45(87-58)31-77-34(3)65/h43-55,57-59H,15-32H2,1-14H3,(H,62,75)(H,63,74)/t43-,44+,45+,46+,47+,48+,49+,50-,51-,52-,53+,54+,55+,57+,58+,59+/m0/s1. The first-order valence-corrected chi connectivity index (χ1v) is 31.0. The van der Waals surface area contributed by atoms with Crippen molar-refractivity contribution in [3.8, 4) is 0 Å². The first-order chi connectivity index (χ1) is 42.8. The highest BCUT2D eigenvalue weighted by Gasteiger charge is 2.60. The molecule has 3 saturated heterocycles. The molecule has 2 amide bonds. The number of rotatable bonds is 35. The van der Waals surface area contributed by atoms with Gasteiger partial charge in [-0.15, -0.1) is 0 Å². The Morgan fingerprint density at radius 1 is 0.374 bits per heavy atom. The summed E-state index contributed by atoms with van der Waals surface area (Å²) in [4.78, 5) is 156. The predicted octanol–water partition coefficient (Wildman–Crippen LogP) is 5.02. The van der Waals surface area contributed by atoms with Crippen LogP contribution in [0.15, 0.2) is 0 Å². The number of ether oxygens (including phenoxy) is 16. The molecule has 0 aromatic heterocycles. The van der Waals surface area contributed by atoms with Crippen molar-refractivity contribution in [2.75, 3.05) is 19.8 Å². The van der Waals surface area contributed by atoms with Crippen molar-refractivity contribution in [2.24, 2.45) is 0 Å². The molecule has 0 bridgehead atoms. The fourth-order valence-electron chi connectivity index (χ4n) is 10.4. The van der Waals surface area contributed by atoms with Crippen LogP contribution in [0.5, 0.6) is 0 Å². The summed E-state index contributed by atoms with van der Waals surface area (Å²) < 4.78 is 93.4. The van der Waals surface area contributed by atoms with Gasteiger partial charge >= 0.3 is 65.8 Å². The molecule has 3 aliphatic heterocycles. The number of unbranched alkanes of at least 4 members (excludes halogenated alkanes) is 13. The zero-order chi connectivity index (χ0) is 68.1. The van der Waals surface area contributed by atoms with E-state index in [1.165, 1.54) is 44.9 Å². The topological polar surface area (TPSA) is 377 Å². The van der Waals surface area contributed by atoms with Crippen LogP contribution in [0.3, 0.4) is 0 Å². The number of carbonyl (C=O) groups excluding carboxylic acids is 12. The molecule has 518 valence electrons. The highest BCUT2D eigenvalue weighted by atomic mass is 16.8. The van der Waals surface area contributed by atoms with Crippen LogP contribution in [0.2, 0.25) is 0 Å². The van der Waals surface area contributed by atoms with Crippen molar-refractivity contribution >= 4 is 71.7 Å². The van der Waals surface area contributed by atoms with Gasteiger partial charge in [0.25, 0.3) is 0 Å². The Morgan fingerprint density at radius 3 is 1.04 bits per heavy atom. The molecule has 0 aromatic rings. The lowest BCUT2D eigenvalue weighted by Crippen LogP contribution is -2.70. The molecule has 3 aliphatic rings. The first kappa shape index (κ1) is 78.5. The van der Waals surface area contributed by atoms with Crippen LogP contribution in [0.25, 0.3) is 0 Å². The van der Waals surface area contributed by atoms with E-state index in [9.17, 15) is 57.5 Å². The number of hydrogen-bond donors (Lipinski definition) is 2. The average Bonchev–Trinajstić information content (AvgIpc) is 0.793. The van der Waals surface area contributed by atoms with Crippen LogP contribution in [-0.2, 0) is 129 Å². The number of amides is 2. The van der Waals surface area contributed by atoms with Crippen LogP contribution < -0.4 is 10.6 Å². The number of nitrogens with one attached hydrogen (secondary N) is 2. The molecule has 30 heteroatoms. The zero-order valence-electron chi connectivity index (χ0n) is 54.9. The number of carbonyl (C=O) groups is 12. The molecule has 0 saturated carbocycles. The van der Waals surface area contributed by atoms with E-state index in [2.05, 4.69) is 17.6 Å². The molecule has 30 nitrogen and oxygen atoms in total. The Balaban J connectivity index is 2.17. The summed E-state index contributed by atoms with van der Waals surface area (Å²) in [6.45, 7) is 14.6. The molecule has 3 fully saturated rings. The fourth-order valence-corrected chi connectivity index (χ4v) is 10.4. The van der Waals surface area contributed by atoms with Crippen molar-refractivity contribution in [3.63, 3.8) is 0 Å². The third kappa shape index (κ3) is 29.2. The molecular weight excluding hydrogens is 1210 g/mol. The van der Waals surface area contributed by atoms with Gasteiger partial charge in [0.15, 0.2) is 61.5 Å². The van der Waals surface area contributed by atoms with E-state index in [1.807, 2.05) is 0 Å². The van der Waals surface area contributed by atoms with Gasteiger partial charge in [0.1, 0.15) is 62.0 Å². The van der Waals surface area contributed by atoms with Crippen LogP contribution in [0, 0.1) is 0 Å². The maximum absolute atomic E-state index is 14.6.